The number of hydrogen-bond acceptors (Lipinski definition) is 4. The Bertz CT molecular complexity index is 974. The molecule has 178 valence electrons. The summed E-state index contributed by atoms with van der Waals surface area (Å²) in [6, 6.07) is 0. The van der Waals surface area contributed by atoms with Crippen molar-refractivity contribution in [1.82, 2.24) is 0 Å². The highest BCUT2D eigenvalue weighted by atomic mass is 32.2. The molecule has 0 spiro atoms. The van der Waals surface area contributed by atoms with E-state index in [1.807, 2.05) is 12.2 Å². The van der Waals surface area contributed by atoms with Gasteiger partial charge in [-0.2, -0.15) is 0 Å². The van der Waals surface area contributed by atoms with E-state index in [-0.39, 0.29) is 11.3 Å². The van der Waals surface area contributed by atoms with Gasteiger partial charge in [-0.15, -0.1) is 0 Å². The van der Waals surface area contributed by atoms with E-state index in [9.17, 15) is 18.6 Å². The molecule has 2 N–H and O–H groups in total. The zero-order valence-electron chi connectivity index (χ0n) is 20.3. The number of allylic oxidation sites excluding steroid dienone is 6. The second-order valence-corrected chi connectivity index (χ2v) is 13.6. The van der Waals surface area contributed by atoms with Crippen LogP contribution >= 0.6 is 0 Å². The molecule has 0 bridgehead atoms. The van der Waals surface area contributed by atoms with Crippen LogP contribution in [0.25, 0.3) is 0 Å². The zero-order valence-corrected chi connectivity index (χ0v) is 21.1. The highest BCUT2D eigenvalue weighted by Gasteiger charge is 2.45. The van der Waals surface area contributed by atoms with Crippen molar-refractivity contribution in [3.05, 3.63) is 58.6 Å². The predicted molar refractivity (Wildman–Crippen MR) is 132 cm³/mol. The van der Waals surface area contributed by atoms with E-state index in [1.165, 1.54) is 16.6 Å². The fraction of sp³-hybridized carbons (Fsp3) is 0.630. The molecule has 3 aliphatic carbocycles. The molecule has 5 heteroatoms. The van der Waals surface area contributed by atoms with Crippen molar-refractivity contribution in [2.75, 3.05) is 0 Å². The van der Waals surface area contributed by atoms with Gasteiger partial charge in [0.25, 0.3) is 0 Å². The monoisotopic (exact) mass is 460 g/mol. The highest BCUT2D eigenvalue weighted by Crippen LogP contribution is 2.56. The molecule has 0 aromatic rings. The van der Waals surface area contributed by atoms with Gasteiger partial charge in [-0.05, 0) is 81.3 Å². The Morgan fingerprint density at radius 3 is 2.59 bits per heavy atom. The Morgan fingerprint density at radius 2 is 1.94 bits per heavy atom. The third-order valence-corrected chi connectivity index (χ3v) is 9.99. The normalized spacial score (nSPS) is 35.4. The van der Waals surface area contributed by atoms with Crippen LogP contribution in [-0.2, 0) is 9.84 Å². The molecule has 0 amide bonds. The summed E-state index contributed by atoms with van der Waals surface area (Å²) in [6.07, 6.45) is 12.3. The lowest BCUT2D eigenvalue weighted by molar-refractivity contribution is 0.0862. The molecule has 2 fully saturated rings. The lowest BCUT2D eigenvalue weighted by atomic mass is 9.62. The van der Waals surface area contributed by atoms with E-state index in [0.717, 1.165) is 36.8 Å². The van der Waals surface area contributed by atoms with Crippen molar-refractivity contribution >= 4 is 9.84 Å². The van der Waals surface area contributed by atoms with Crippen LogP contribution < -0.4 is 0 Å². The summed E-state index contributed by atoms with van der Waals surface area (Å²) in [4.78, 5) is 0. The summed E-state index contributed by atoms with van der Waals surface area (Å²) in [5, 5.41) is 21.6. The first-order valence-electron chi connectivity index (χ1n) is 11.8. The quantitative estimate of drug-likeness (QED) is 0.550. The molecule has 4 nitrogen and oxygen atoms in total. The minimum atomic E-state index is -3.29. The standard InChI is InChI=1S/C27H40O4S/c1-18(13-15-32(30,31)26(3,4)5)23-11-12-24-20(8-7-14-27(23,24)6)9-10-21-16-22(28)17-25(29)19(21)2/h9-11,13,15,18,22,24-25,28-29H,2,7-8,12,14,16-17H2,1,3-6H3/b15-13+,20-9+,21-10-/t18-,22-,24+,25+,27-/m1/s1. The molecule has 0 aliphatic heterocycles. The van der Waals surface area contributed by atoms with Crippen molar-refractivity contribution < 1.29 is 18.6 Å². The van der Waals surface area contributed by atoms with E-state index in [0.29, 0.717) is 18.8 Å². The van der Waals surface area contributed by atoms with E-state index in [2.05, 4.69) is 32.6 Å². The summed E-state index contributed by atoms with van der Waals surface area (Å²) < 4.78 is 24.3. The van der Waals surface area contributed by atoms with Gasteiger partial charge in [-0.3, -0.25) is 0 Å². The molecule has 3 rings (SSSR count). The second-order valence-electron chi connectivity index (χ2n) is 11.1. The summed E-state index contributed by atoms with van der Waals surface area (Å²) in [6.45, 7) is 13.6. The number of fused-ring (bicyclic) bond motifs is 1. The molecular weight excluding hydrogens is 420 g/mol. The average Bonchev–Trinajstić information content (AvgIpc) is 3.04. The molecule has 3 aliphatic rings. The van der Waals surface area contributed by atoms with E-state index >= 15 is 0 Å². The smallest absolute Gasteiger partial charge is 0.176 e. The Morgan fingerprint density at radius 1 is 1.25 bits per heavy atom. The molecule has 0 radical (unpaired) electrons. The molecule has 0 aromatic heterocycles. The summed E-state index contributed by atoms with van der Waals surface area (Å²) >= 11 is 0. The second kappa shape index (κ2) is 9.08. The molecule has 0 heterocycles. The van der Waals surface area contributed by atoms with Gasteiger partial charge in [0, 0.05) is 11.8 Å². The molecular formula is C27H40O4S. The van der Waals surface area contributed by atoms with Crippen LogP contribution in [-0.4, -0.2) is 35.6 Å². The fourth-order valence-corrected chi connectivity index (χ4v) is 6.40. The Hall–Kier alpha value is -1.43. The lowest BCUT2D eigenvalue weighted by Crippen LogP contribution is -2.32. The van der Waals surface area contributed by atoms with Crippen LogP contribution in [0.2, 0.25) is 0 Å². The van der Waals surface area contributed by atoms with Gasteiger partial charge in [-0.25, -0.2) is 8.42 Å². The van der Waals surface area contributed by atoms with Crippen molar-refractivity contribution in [1.29, 1.82) is 0 Å². The molecule has 0 saturated heterocycles. The Labute approximate surface area is 194 Å². The number of aliphatic hydroxyl groups is 2. The minimum absolute atomic E-state index is 0.0282. The Balaban J connectivity index is 1.81. The van der Waals surface area contributed by atoms with Crippen LogP contribution in [0.15, 0.2) is 58.6 Å². The number of hydrogen-bond donors (Lipinski definition) is 2. The summed E-state index contributed by atoms with van der Waals surface area (Å²) in [5.41, 5.74) is 4.42. The molecule has 5 atom stereocenters. The topological polar surface area (TPSA) is 74.6 Å². The number of sulfone groups is 1. The highest BCUT2D eigenvalue weighted by molar-refractivity contribution is 7.95. The van der Waals surface area contributed by atoms with Crippen LogP contribution in [0.5, 0.6) is 0 Å². The van der Waals surface area contributed by atoms with Crippen molar-refractivity contribution in [3.8, 4) is 0 Å². The third-order valence-electron chi connectivity index (χ3n) is 7.77. The van der Waals surface area contributed by atoms with Crippen LogP contribution in [0.3, 0.4) is 0 Å². The average molecular weight is 461 g/mol. The van der Waals surface area contributed by atoms with Crippen molar-refractivity contribution in [2.45, 2.75) is 90.1 Å². The van der Waals surface area contributed by atoms with Gasteiger partial charge in [0.1, 0.15) is 0 Å². The first-order chi connectivity index (χ1) is 14.8. The maximum Gasteiger partial charge on any atom is 0.176 e. The van der Waals surface area contributed by atoms with Gasteiger partial charge in [0.2, 0.25) is 0 Å². The van der Waals surface area contributed by atoms with Gasteiger partial charge in [0.15, 0.2) is 9.84 Å². The maximum atomic E-state index is 12.5. The van der Waals surface area contributed by atoms with Gasteiger partial charge < -0.3 is 10.2 Å². The van der Waals surface area contributed by atoms with E-state index in [4.69, 9.17) is 0 Å². The lowest BCUT2D eigenvalue weighted by Gasteiger charge is -2.42. The molecule has 0 unspecified atom stereocenters. The summed E-state index contributed by atoms with van der Waals surface area (Å²) in [7, 11) is -3.29. The fourth-order valence-electron chi connectivity index (χ4n) is 5.55. The maximum absolute atomic E-state index is 12.5. The number of aliphatic hydroxyl groups excluding tert-OH is 2. The molecule has 32 heavy (non-hydrogen) atoms. The largest absolute Gasteiger partial charge is 0.393 e. The van der Waals surface area contributed by atoms with Crippen molar-refractivity contribution in [2.24, 2.45) is 17.3 Å². The summed E-state index contributed by atoms with van der Waals surface area (Å²) in [5.74, 6) is 0.480. The van der Waals surface area contributed by atoms with Crippen LogP contribution in [0.4, 0.5) is 0 Å². The third kappa shape index (κ3) is 4.90. The number of rotatable bonds is 4. The first kappa shape index (κ1) is 25.2. The Kier molecular flexibility index (Phi) is 7.15. The predicted octanol–water partition coefficient (Wildman–Crippen LogP) is 5.41. The van der Waals surface area contributed by atoms with E-state index < -0.39 is 26.8 Å². The molecule has 2 saturated carbocycles. The van der Waals surface area contributed by atoms with E-state index in [1.54, 1.807) is 20.8 Å². The SMILES string of the molecule is C=C1/C(=C\C=C2/CCC[C@]3(C)C([C@H](C)/C=C/S(=O)(=O)C(C)(C)C)=CC[C@@H]23)C[C@@H](O)C[C@@H]1O. The van der Waals surface area contributed by atoms with Gasteiger partial charge in [-0.1, -0.05) is 55.9 Å². The van der Waals surface area contributed by atoms with Crippen molar-refractivity contribution in [3.63, 3.8) is 0 Å². The van der Waals surface area contributed by atoms with Crippen LogP contribution in [0, 0.1) is 17.3 Å². The zero-order chi connectivity index (χ0) is 23.9. The van der Waals surface area contributed by atoms with Crippen LogP contribution in [0.1, 0.15) is 73.1 Å². The molecule has 0 aromatic carbocycles. The first-order valence-corrected chi connectivity index (χ1v) is 13.4. The minimum Gasteiger partial charge on any atom is -0.393 e. The van der Waals surface area contributed by atoms with Gasteiger partial charge >= 0.3 is 0 Å². The van der Waals surface area contributed by atoms with Gasteiger partial charge in [0.05, 0.1) is 17.0 Å².